The zero-order valence-corrected chi connectivity index (χ0v) is 10.1. The monoisotopic (exact) mass is 222 g/mol. The van der Waals surface area contributed by atoms with Gasteiger partial charge < -0.3 is 0 Å². The minimum atomic E-state index is 0.718. The predicted octanol–water partition coefficient (Wildman–Crippen LogP) is 3.16. The molecular formula is C15H14N2. The van der Waals surface area contributed by atoms with Gasteiger partial charge in [0.05, 0.1) is 11.6 Å². The van der Waals surface area contributed by atoms with E-state index in [2.05, 4.69) is 24.0 Å². The van der Waals surface area contributed by atoms with Gasteiger partial charge in [0.25, 0.3) is 0 Å². The molecule has 0 unspecified atom stereocenters. The minimum absolute atomic E-state index is 0.718. The Morgan fingerprint density at radius 1 is 1.24 bits per heavy atom. The summed E-state index contributed by atoms with van der Waals surface area (Å²) in [5.41, 5.74) is 5.15. The molecule has 2 nitrogen and oxygen atoms in total. The van der Waals surface area contributed by atoms with Crippen LogP contribution in [0.3, 0.4) is 0 Å². The van der Waals surface area contributed by atoms with Crippen LogP contribution in [0.2, 0.25) is 0 Å². The Kier molecular flexibility index (Phi) is 3.20. The van der Waals surface area contributed by atoms with Gasteiger partial charge in [0.2, 0.25) is 0 Å². The number of pyridine rings is 1. The summed E-state index contributed by atoms with van der Waals surface area (Å²) in [7, 11) is 0. The summed E-state index contributed by atoms with van der Waals surface area (Å²) < 4.78 is 0. The maximum Gasteiger partial charge on any atom is 0.0994 e. The quantitative estimate of drug-likeness (QED) is 0.782. The molecule has 2 aromatic rings. The van der Waals surface area contributed by atoms with Crippen molar-refractivity contribution in [1.29, 1.82) is 5.26 Å². The Morgan fingerprint density at radius 3 is 2.71 bits per heavy atom. The molecule has 0 fully saturated rings. The molecule has 1 aromatic carbocycles. The molecule has 0 aliphatic carbocycles. The summed E-state index contributed by atoms with van der Waals surface area (Å²) >= 11 is 0. The zero-order chi connectivity index (χ0) is 12.3. The first-order chi connectivity index (χ1) is 8.20. The standard InChI is InChI=1S/C15H14N2/c1-11-7-12(2)15(17-10-11)8-13-5-3-4-6-14(13)9-16/h3-7,10H,8H2,1-2H3. The summed E-state index contributed by atoms with van der Waals surface area (Å²) in [5.74, 6) is 0. The molecule has 2 rings (SSSR count). The van der Waals surface area contributed by atoms with Crippen LogP contribution >= 0.6 is 0 Å². The van der Waals surface area contributed by atoms with E-state index in [4.69, 9.17) is 5.26 Å². The van der Waals surface area contributed by atoms with Gasteiger partial charge >= 0.3 is 0 Å². The van der Waals surface area contributed by atoms with Gasteiger partial charge in [-0.2, -0.15) is 5.26 Å². The molecule has 0 saturated carbocycles. The van der Waals surface area contributed by atoms with Crippen LogP contribution in [0.25, 0.3) is 0 Å². The highest BCUT2D eigenvalue weighted by atomic mass is 14.7. The van der Waals surface area contributed by atoms with Crippen molar-refractivity contribution in [2.24, 2.45) is 0 Å². The van der Waals surface area contributed by atoms with Crippen molar-refractivity contribution in [2.75, 3.05) is 0 Å². The van der Waals surface area contributed by atoms with Gasteiger partial charge in [0, 0.05) is 18.3 Å². The Labute approximate surface area is 102 Å². The van der Waals surface area contributed by atoms with Gasteiger partial charge in [-0.05, 0) is 36.6 Å². The Bertz CT molecular complexity index is 580. The smallest absolute Gasteiger partial charge is 0.0994 e. The molecule has 0 spiro atoms. The number of benzene rings is 1. The minimum Gasteiger partial charge on any atom is -0.260 e. The normalized spacial score (nSPS) is 9.94. The summed E-state index contributed by atoms with van der Waals surface area (Å²) in [6, 6.07) is 12.0. The van der Waals surface area contributed by atoms with E-state index in [9.17, 15) is 0 Å². The van der Waals surface area contributed by atoms with E-state index in [1.54, 1.807) is 0 Å². The van der Waals surface area contributed by atoms with Crippen LogP contribution in [-0.4, -0.2) is 4.98 Å². The second-order valence-electron chi connectivity index (χ2n) is 4.22. The Hall–Kier alpha value is -2.14. The molecule has 0 bridgehead atoms. The highest BCUT2D eigenvalue weighted by Crippen LogP contribution is 2.15. The van der Waals surface area contributed by atoms with Gasteiger partial charge in [-0.15, -0.1) is 0 Å². The summed E-state index contributed by atoms with van der Waals surface area (Å²) in [4.78, 5) is 4.44. The molecule has 2 heteroatoms. The van der Waals surface area contributed by atoms with Crippen molar-refractivity contribution < 1.29 is 0 Å². The lowest BCUT2D eigenvalue weighted by Crippen LogP contribution is -1.98. The zero-order valence-electron chi connectivity index (χ0n) is 10.1. The summed E-state index contributed by atoms with van der Waals surface area (Å²) in [6.45, 7) is 4.09. The van der Waals surface area contributed by atoms with Crippen molar-refractivity contribution in [1.82, 2.24) is 4.98 Å². The molecular weight excluding hydrogens is 208 g/mol. The molecule has 84 valence electrons. The highest BCUT2D eigenvalue weighted by Gasteiger charge is 2.05. The van der Waals surface area contributed by atoms with Gasteiger partial charge in [-0.1, -0.05) is 24.3 Å². The first kappa shape index (κ1) is 11.3. The Balaban J connectivity index is 2.35. The van der Waals surface area contributed by atoms with Gasteiger partial charge in [-0.3, -0.25) is 4.98 Å². The second kappa shape index (κ2) is 4.80. The first-order valence-electron chi connectivity index (χ1n) is 5.61. The molecule has 0 aliphatic rings. The van der Waals surface area contributed by atoms with Gasteiger partial charge in [0.1, 0.15) is 0 Å². The number of hydrogen-bond acceptors (Lipinski definition) is 2. The largest absolute Gasteiger partial charge is 0.260 e. The van der Waals surface area contributed by atoms with Crippen LogP contribution < -0.4 is 0 Å². The Morgan fingerprint density at radius 2 is 2.00 bits per heavy atom. The van der Waals surface area contributed by atoms with Crippen LogP contribution in [0.5, 0.6) is 0 Å². The molecule has 0 atom stereocenters. The van der Waals surface area contributed by atoms with E-state index in [1.807, 2.05) is 37.4 Å². The summed E-state index contributed by atoms with van der Waals surface area (Å²) in [5, 5.41) is 9.04. The third-order valence-electron chi connectivity index (χ3n) is 2.82. The molecule has 0 amide bonds. The fourth-order valence-electron chi connectivity index (χ4n) is 1.89. The number of aryl methyl sites for hydroxylation is 2. The molecule has 1 aromatic heterocycles. The lowest BCUT2D eigenvalue weighted by molar-refractivity contribution is 1.03. The average molecular weight is 222 g/mol. The average Bonchev–Trinajstić information content (AvgIpc) is 2.33. The molecule has 0 N–H and O–H groups in total. The van der Waals surface area contributed by atoms with Crippen LogP contribution in [0.4, 0.5) is 0 Å². The number of rotatable bonds is 2. The lowest BCUT2D eigenvalue weighted by atomic mass is 10.0. The molecule has 0 saturated heterocycles. The third-order valence-corrected chi connectivity index (χ3v) is 2.82. The highest BCUT2D eigenvalue weighted by molar-refractivity contribution is 5.40. The van der Waals surface area contributed by atoms with Crippen molar-refractivity contribution in [3.8, 4) is 6.07 Å². The van der Waals surface area contributed by atoms with E-state index in [-0.39, 0.29) is 0 Å². The third kappa shape index (κ3) is 2.51. The van der Waals surface area contributed by atoms with Crippen molar-refractivity contribution in [2.45, 2.75) is 20.3 Å². The fraction of sp³-hybridized carbons (Fsp3) is 0.200. The summed E-state index contributed by atoms with van der Waals surface area (Å²) in [6.07, 6.45) is 2.59. The number of nitriles is 1. The number of aromatic nitrogens is 1. The first-order valence-corrected chi connectivity index (χ1v) is 5.61. The van der Waals surface area contributed by atoms with E-state index >= 15 is 0 Å². The van der Waals surface area contributed by atoms with E-state index in [0.29, 0.717) is 0 Å². The second-order valence-corrected chi connectivity index (χ2v) is 4.22. The van der Waals surface area contributed by atoms with E-state index in [0.717, 1.165) is 23.2 Å². The van der Waals surface area contributed by atoms with Crippen molar-refractivity contribution >= 4 is 0 Å². The van der Waals surface area contributed by atoms with Crippen LogP contribution in [0.1, 0.15) is 27.9 Å². The van der Waals surface area contributed by atoms with E-state index in [1.165, 1.54) is 11.1 Å². The lowest BCUT2D eigenvalue weighted by Gasteiger charge is -2.07. The van der Waals surface area contributed by atoms with Crippen LogP contribution in [0, 0.1) is 25.2 Å². The molecule has 0 aliphatic heterocycles. The SMILES string of the molecule is Cc1cnc(Cc2ccccc2C#N)c(C)c1. The number of nitrogens with zero attached hydrogens (tertiary/aromatic N) is 2. The fourth-order valence-corrected chi connectivity index (χ4v) is 1.89. The van der Waals surface area contributed by atoms with Crippen LogP contribution in [0.15, 0.2) is 36.5 Å². The molecule has 17 heavy (non-hydrogen) atoms. The maximum atomic E-state index is 9.04. The van der Waals surface area contributed by atoms with Crippen LogP contribution in [-0.2, 0) is 6.42 Å². The topological polar surface area (TPSA) is 36.7 Å². The number of hydrogen-bond donors (Lipinski definition) is 0. The predicted molar refractivity (Wildman–Crippen MR) is 67.7 cm³/mol. The van der Waals surface area contributed by atoms with E-state index < -0.39 is 0 Å². The van der Waals surface area contributed by atoms with Gasteiger partial charge in [0.15, 0.2) is 0 Å². The molecule has 1 heterocycles. The van der Waals surface area contributed by atoms with Crippen molar-refractivity contribution in [3.63, 3.8) is 0 Å². The maximum absolute atomic E-state index is 9.04. The molecule has 0 radical (unpaired) electrons. The van der Waals surface area contributed by atoms with Gasteiger partial charge in [-0.25, -0.2) is 0 Å². The van der Waals surface area contributed by atoms with Crippen molar-refractivity contribution in [3.05, 3.63) is 64.5 Å².